The van der Waals surface area contributed by atoms with E-state index >= 15 is 0 Å². The summed E-state index contributed by atoms with van der Waals surface area (Å²) in [6.07, 6.45) is 1.53. The van der Waals surface area contributed by atoms with Gasteiger partial charge in [0.05, 0.1) is 11.6 Å². The number of nitriles is 2. The fourth-order valence-electron chi connectivity index (χ4n) is 1.47. The Morgan fingerprint density at radius 2 is 2.00 bits per heavy atom. The highest BCUT2D eigenvalue weighted by Crippen LogP contribution is 2.20. The Balaban J connectivity index is 2.38. The first-order valence-corrected chi connectivity index (χ1v) is 5.21. The van der Waals surface area contributed by atoms with Crippen molar-refractivity contribution in [3.05, 3.63) is 47.8 Å². The molecule has 5 heteroatoms. The van der Waals surface area contributed by atoms with E-state index in [0.29, 0.717) is 17.2 Å². The maximum Gasteiger partial charge on any atom is 0.230 e. The summed E-state index contributed by atoms with van der Waals surface area (Å²) < 4.78 is 0. The SMILES string of the molecule is CN(c1cccc(C#N)c1)c1nccc(C#N)n1. The maximum atomic E-state index is 8.85. The zero-order chi connectivity index (χ0) is 13.0. The van der Waals surface area contributed by atoms with Gasteiger partial charge < -0.3 is 4.90 Å². The Morgan fingerprint density at radius 1 is 1.17 bits per heavy atom. The topological polar surface area (TPSA) is 76.6 Å². The Morgan fingerprint density at radius 3 is 2.72 bits per heavy atom. The summed E-state index contributed by atoms with van der Waals surface area (Å²) in [7, 11) is 1.78. The molecule has 0 amide bonds. The second kappa shape index (κ2) is 4.94. The Kier molecular flexibility index (Phi) is 3.17. The molecule has 0 fully saturated rings. The van der Waals surface area contributed by atoms with Gasteiger partial charge in [-0.05, 0) is 24.3 Å². The quantitative estimate of drug-likeness (QED) is 0.795. The molecular weight excluding hydrogens is 226 g/mol. The number of benzene rings is 1. The molecule has 2 rings (SSSR count). The Bertz CT molecular complexity index is 593. The van der Waals surface area contributed by atoms with Crippen molar-refractivity contribution in [1.82, 2.24) is 9.97 Å². The van der Waals surface area contributed by atoms with Crippen LogP contribution in [-0.4, -0.2) is 17.0 Å². The highest BCUT2D eigenvalue weighted by molar-refractivity contribution is 5.58. The Labute approximate surface area is 105 Å². The molecule has 1 heterocycles. The lowest BCUT2D eigenvalue weighted by Gasteiger charge is -2.16. The molecule has 0 bridgehead atoms. The summed E-state index contributed by atoms with van der Waals surface area (Å²) in [5, 5.41) is 17.6. The van der Waals surface area contributed by atoms with E-state index in [9.17, 15) is 0 Å². The van der Waals surface area contributed by atoms with Crippen LogP contribution in [-0.2, 0) is 0 Å². The summed E-state index contributed by atoms with van der Waals surface area (Å²) in [6, 6.07) is 12.7. The van der Waals surface area contributed by atoms with Gasteiger partial charge in [0.15, 0.2) is 0 Å². The van der Waals surface area contributed by atoms with Crippen molar-refractivity contribution in [3.63, 3.8) is 0 Å². The van der Waals surface area contributed by atoms with E-state index in [0.717, 1.165) is 5.69 Å². The molecule has 0 radical (unpaired) electrons. The molecule has 18 heavy (non-hydrogen) atoms. The van der Waals surface area contributed by atoms with Crippen LogP contribution in [0.5, 0.6) is 0 Å². The van der Waals surface area contributed by atoms with Crippen LogP contribution >= 0.6 is 0 Å². The molecule has 86 valence electrons. The van der Waals surface area contributed by atoms with Crippen molar-refractivity contribution in [2.75, 3.05) is 11.9 Å². The van der Waals surface area contributed by atoms with Gasteiger partial charge >= 0.3 is 0 Å². The Hall–Kier alpha value is -2.92. The van der Waals surface area contributed by atoms with E-state index in [4.69, 9.17) is 10.5 Å². The molecule has 0 aliphatic heterocycles. The number of anilines is 2. The first kappa shape index (κ1) is 11.6. The molecule has 0 N–H and O–H groups in total. The minimum absolute atomic E-state index is 0.309. The van der Waals surface area contributed by atoms with E-state index < -0.39 is 0 Å². The normalized spacial score (nSPS) is 9.28. The van der Waals surface area contributed by atoms with Gasteiger partial charge in [-0.3, -0.25) is 0 Å². The number of nitrogens with zero attached hydrogens (tertiary/aromatic N) is 5. The minimum Gasteiger partial charge on any atom is -0.314 e. The highest BCUT2D eigenvalue weighted by Gasteiger charge is 2.08. The summed E-state index contributed by atoms with van der Waals surface area (Å²) in [5.74, 6) is 0.420. The van der Waals surface area contributed by atoms with Gasteiger partial charge in [-0.2, -0.15) is 10.5 Å². The van der Waals surface area contributed by atoms with Gasteiger partial charge in [0.2, 0.25) is 5.95 Å². The third-order valence-corrected chi connectivity index (χ3v) is 2.42. The molecule has 0 aliphatic rings. The molecule has 1 aromatic carbocycles. The van der Waals surface area contributed by atoms with Crippen LogP contribution in [0.25, 0.3) is 0 Å². The van der Waals surface area contributed by atoms with Crippen LogP contribution < -0.4 is 4.90 Å². The lowest BCUT2D eigenvalue weighted by atomic mass is 10.2. The van der Waals surface area contributed by atoms with Gasteiger partial charge in [-0.25, -0.2) is 9.97 Å². The van der Waals surface area contributed by atoms with Crippen molar-refractivity contribution in [1.29, 1.82) is 10.5 Å². The smallest absolute Gasteiger partial charge is 0.230 e. The third-order valence-electron chi connectivity index (χ3n) is 2.42. The predicted octanol–water partition coefficient (Wildman–Crippen LogP) is 1.99. The van der Waals surface area contributed by atoms with E-state index in [1.165, 1.54) is 6.20 Å². The summed E-state index contributed by atoms with van der Waals surface area (Å²) in [6.45, 7) is 0. The minimum atomic E-state index is 0.309. The summed E-state index contributed by atoms with van der Waals surface area (Å²) >= 11 is 0. The fraction of sp³-hybridized carbons (Fsp3) is 0.0769. The molecule has 0 saturated carbocycles. The molecule has 0 spiro atoms. The first-order valence-electron chi connectivity index (χ1n) is 5.21. The van der Waals surface area contributed by atoms with Crippen molar-refractivity contribution in [2.24, 2.45) is 0 Å². The zero-order valence-corrected chi connectivity index (χ0v) is 9.70. The van der Waals surface area contributed by atoms with Crippen LogP contribution in [0.4, 0.5) is 11.6 Å². The lowest BCUT2D eigenvalue weighted by molar-refractivity contribution is 1.03. The molecule has 2 aromatic rings. The van der Waals surface area contributed by atoms with Crippen molar-refractivity contribution in [3.8, 4) is 12.1 Å². The molecule has 0 aliphatic carbocycles. The average molecular weight is 235 g/mol. The molecule has 0 saturated heterocycles. The van der Waals surface area contributed by atoms with E-state index in [1.54, 1.807) is 36.2 Å². The molecule has 0 atom stereocenters. The van der Waals surface area contributed by atoms with Crippen LogP contribution in [0.15, 0.2) is 36.5 Å². The largest absolute Gasteiger partial charge is 0.314 e. The molecule has 1 aromatic heterocycles. The van der Waals surface area contributed by atoms with E-state index in [2.05, 4.69) is 16.0 Å². The zero-order valence-electron chi connectivity index (χ0n) is 9.70. The van der Waals surface area contributed by atoms with E-state index in [-0.39, 0.29) is 0 Å². The molecular formula is C13H9N5. The maximum absolute atomic E-state index is 8.85. The van der Waals surface area contributed by atoms with E-state index in [1.807, 2.05) is 12.1 Å². The molecule has 5 nitrogen and oxygen atoms in total. The average Bonchev–Trinajstić information content (AvgIpc) is 2.46. The fourth-order valence-corrected chi connectivity index (χ4v) is 1.47. The van der Waals surface area contributed by atoms with Crippen LogP contribution in [0.1, 0.15) is 11.3 Å². The molecule has 0 unspecified atom stereocenters. The van der Waals surface area contributed by atoms with Gasteiger partial charge in [-0.1, -0.05) is 6.07 Å². The standard InChI is InChI=1S/C13H9N5/c1-18(12-4-2-3-10(7-12)8-14)13-16-6-5-11(9-15)17-13/h2-7H,1H3. The van der Waals surface area contributed by atoms with Crippen LogP contribution in [0.2, 0.25) is 0 Å². The monoisotopic (exact) mass is 235 g/mol. The second-order valence-corrected chi connectivity index (χ2v) is 3.57. The van der Waals surface area contributed by atoms with Gasteiger partial charge in [0.25, 0.3) is 0 Å². The highest BCUT2D eigenvalue weighted by atomic mass is 15.2. The van der Waals surface area contributed by atoms with Gasteiger partial charge in [-0.15, -0.1) is 0 Å². The van der Waals surface area contributed by atoms with Crippen LogP contribution in [0.3, 0.4) is 0 Å². The first-order chi connectivity index (χ1) is 8.74. The number of aromatic nitrogens is 2. The number of rotatable bonds is 2. The van der Waals surface area contributed by atoms with Crippen molar-refractivity contribution < 1.29 is 0 Å². The van der Waals surface area contributed by atoms with Crippen molar-refractivity contribution >= 4 is 11.6 Å². The van der Waals surface area contributed by atoms with Crippen molar-refractivity contribution in [2.45, 2.75) is 0 Å². The lowest BCUT2D eigenvalue weighted by Crippen LogP contribution is -2.13. The number of hydrogen-bond acceptors (Lipinski definition) is 5. The van der Waals surface area contributed by atoms with Crippen LogP contribution in [0, 0.1) is 22.7 Å². The van der Waals surface area contributed by atoms with Gasteiger partial charge in [0, 0.05) is 18.9 Å². The predicted molar refractivity (Wildman–Crippen MR) is 66.0 cm³/mol. The van der Waals surface area contributed by atoms with Gasteiger partial charge in [0.1, 0.15) is 11.8 Å². The summed E-state index contributed by atoms with van der Waals surface area (Å²) in [5.41, 5.74) is 1.67. The third kappa shape index (κ3) is 2.26. The summed E-state index contributed by atoms with van der Waals surface area (Å²) in [4.78, 5) is 9.92. The number of hydrogen-bond donors (Lipinski definition) is 0. The second-order valence-electron chi connectivity index (χ2n) is 3.57.